The van der Waals surface area contributed by atoms with Crippen LogP contribution in [0.25, 0.3) is 11.1 Å². The monoisotopic (exact) mass is 625 g/mol. The summed E-state index contributed by atoms with van der Waals surface area (Å²) in [5, 5.41) is 11.5. The van der Waals surface area contributed by atoms with E-state index < -0.39 is 6.04 Å². The smallest absolute Gasteiger partial charge is 0.240 e. The third-order valence-corrected chi connectivity index (χ3v) is 9.32. The molecule has 4 rings (SSSR count). The number of nitrogens with zero attached hydrogens (tertiary/aromatic N) is 1. The number of halogens is 2. The molecule has 0 bridgehead atoms. The van der Waals surface area contributed by atoms with E-state index in [1.807, 2.05) is 59.5 Å². The highest BCUT2D eigenvalue weighted by Gasteiger charge is 2.29. The Morgan fingerprint density at radius 3 is 2.55 bits per heavy atom. The molecule has 1 fully saturated rings. The van der Waals surface area contributed by atoms with Gasteiger partial charge in [0.05, 0.1) is 10.0 Å². The lowest BCUT2D eigenvalue weighted by molar-refractivity contribution is -0.134. The van der Waals surface area contributed by atoms with Crippen LogP contribution in [0, 0.1) is 11.3 Å². The Bertz CT molecular complexity index is 1410. The molecule has 7 nitrogen and oxygen atoms in total. The maximum atomic E-state index is 13.9. The number of likely N-dealkylation sites (tertiary alicyclic amines) is 1. The van der Waals surface area contributed by atoms with Gasteiger partial charge in [0.15, 0.2) is 0 Å². The summed E-state index contributed by atoms with van der Waals surface area (Å²) in [6, 6.07) is 20.5. The molecule has 0 saturated carbocycles. The van der Waals surface area contributed by atoms with Crippen LogP contribution in [0.2, 0.25) is 10.0 Å². The van der Waals surface area contributed by atoms with E-state index in [1.165, 1.54) is 11.9 Å². The van der Waals surface area contributed by atoms with Crippen molar-refractivity contribution in [3.05, 3.63) is 87.9 Å². The van der Waals surface area contributed by atoms with Gasteiger partial charge in [0.25, 0.3) is 0 Å². The van der Waals surface area contributed by atoms with Crippen LogP contribution in [-0.2, 0) is 16.0 Å². The minimum absolute atomic E-state index is 0.00274. The van der Waals surface area contributed by atoms with Gasteiger partial charge in [0.2, 0.25) is 11.8 Å². The molecule has 0 aromatic heterocycles. The summed E-state index contributed by atoms with van der Waals surface area (Å²) in [4.78, 5) is 28.3. The number of rotatable bonds is 12. The highest BCUT2D eigenvalue weighted by atomic mass is 35.5. The number of hydrogen-bond acceptors (Lipinski definition) is 5. The second kappa shape index (κ2) is 15.4. The van der Waals surface area contributed by atoms with Crippen molar-refractivity contribution in [1.29, 1.82) is 5.41 Å². The number of nitrogens with one attached hydrogen (secondary N) is 3. The first kappa shape index (κ1) is 31.9. The van der Waals surface area contributed by atoms with Crippen molar-refractivity contribution in [2.75, 3.05) is 20.1 Å². The zero-order valence-electron chi connectivity index (χ0n) is 23.7. The molecule has 222 valence electrons. The third-order valence-electron chi connectivity index (χ3n) is 7.61. The molecule has 1 atom stereocenters. The molecule has 0 spiro atoms. The molecular formula is C32H37Cl2N5O2S. The van der Waals surface area contributed by atoms with E-state index >= 15 is 0 Å². The maximum Gasteiger partial charge on any atom is 0.240 e. The van der Waals surface area contributed by atoms with Gasteiger partial charge in [-0.2, -0.15) is 0 Å². The maximum absolute atomic E-state index is 13.9. The molecule has 1 aliphatic heterocycles. The third kappa shape index (κ3) is 8.74. The Kier molecular flexibility index (Phi) is 11.7. The van der Waals surface area contributed by atoms with E-state index in [-0.39, 0.29) is 17.6 Å². The standard InChI is InChI=1S/C32H37Cl2N5O2S/c1-37-29(40)13-3-6-21-14-16-39(17-15-21)32(41)28(19-22-7-2-9-24(18-22)31(35)36)38-42-25-10-4-8-23(20-25)26-11-5-12-27(33)30(26)34/h2,4-5,7-12,18,20-21,28,38H,3,6,13-17,19H2,1H3,(H3,35,36)(H,37,40). The lowest BCUT2D eigenvalue weighted by Crippen LogP contribution is -2.48. The number of nitrogens with two attached hydrogens (primary N) is 1. The Balaban J connectivity index is 1.46. The second-order valence-corrected chi connectivity index (χ2v) is 12.3. The van der Waals surface area contributed by atoms with Crippen LogP contribution >= 0.6 is 35.1 Å². The second-order valence-electron chi connectivity index (χ2n) is 10.6. The van der Waals surface area contributed by atoms with Crippen LogP contribution in [0.4, 0.5) is 0 Å². The first-order valence-electron chi connectivity index (χ1n) is 14.1. The lowest BCUT2D eigenvalue weighted by Gasteiger charge is -2.34. The van der Waals surface area contributed by atoms with Gasteiger partial charge in [0.1, 0.15) is 11.9 Å². The molecule has 5 N–H and O–H groups in total. The average Bonchev–Trinajstić information content (AvgIpc) is 3.00. The fourth-order valence-corrected chi connectivity index (χ4v) is 6.42. The Morgan fingerprint density at radius 1 is 1.07 bits per heavy atom. The van der Waals surface area contributed by atoms with E-state index in [1.54, 1.807) is 19.2 Å². The molecule has 1 saturated heterocycles. The van der Waals surface area contributed by atoms with Crippen LogP contribution in [-0.4, -0.2) is 48.7 Å². The van der Waals surface area contributed by atoms with Crippen molar-refractivity contribution in [3.8, 4) is 11.1 Å². The topological polar surface area (TPSA) is 111 Å². The quantitative estimate of drug-likeness (QED) is 0.107. The van der Waals surface area contributed by atoms with Crippen molar-refractivity contribution in [2.24, 2.45) is 11.7 Å². The zero-order valence-corrected chi connectivity index (χ0v) is 26.0. The van der Waals surface area contributed by atoms with Gasteiger partial charge in [-0.1, -0.05) is 65.7 Å². The zero-order chi connectivity index (χ0) is 30.1. The van der Waals surface area contributed by atoms with Crippen molar-refractivity contribution in [1.82, 2.24) is 14.9 Å². The van der Waals surface area contributed by atoms with Crippen LogP contribution in [0.15, 0.2) is 71.6 Å². The molecule has 1 heterocycles. The fourth-order valence-electron chi connectivity index (χ4n) is 5.21. The predicted molar refractivity (Wildman–Crippen MR) is 173 cm³/mol. The Morgan fingerprint density at radius 2 is 1.81 bits per heavy atom. The van der Waals surface area contributed by atoms with E-state index in [9.17, 15) is 9.59 Å². The van der Waals surface area contributed by atoms with Crippen molar-refractivity contribution < 1.29 is 9.59 Å². The van der Waals surface area contributed by atoms with Crippen molar-refractivity contribution >= 4 is 52.8 Å². The molecule has 1 aliphatic rings. The molecule has 3 aromatic rings. The Hall–Kier alpha value is -3.04. The summed E-state index contributed by atoms with van der Waals surface area (Å²) in [6.07, 6.45) is 4.73. The van der Waals surface area contributed by atoms with E-state index in [4.69, 9.17) is 34.3 Å². The van der Waals surface area contributed by atoms with Gasteiger partial charge in [0, 0.05) is 42.6 Å². The number of carbonyl (C=O) groups is 2. The molecule has 2 amide bonds. The number of hydrogen-bond donors (Lipinski definition) is 4. The molecule has 1 unspecified atom stereocenters. The summed E-state index contributed by atoms with van der Waals surface area (Å²) < 4.78 is 3.44. The summed E-state index contributed by atoms with van der Waals surface area (Å²) in [5.41, 5.74) is 9.07. The van der Waals surface area contributed by atoms with Crippen molar-refractivity contribution in [3.63, 3.8) is 0 Å². The Labute approximate surface area is 262 Å². The van der Waals surface area contributed by atoms with Crippen LogP contribution in [0.1, 0.15) is 43.2 Å². The first-order chi connectivity index (χ1) is 20.2. The SMILES string of the molecule is CNC(=O)CCCC1CCN(C(=O)C(Cc2cccc(C(=N)N)c2)NSc2cccc(-c3cccc(Cl)c3Cl)c2)CC1. The number of amides is 2. The van der Waals surface area contributed by atoms with Gasteiger partial charge in [-0.15, -0.1) is 0 Å². The minimum atomic E-state index is -0.486. The van der Waals surface area contributed by atoms with E-state index in [0.717, 1.165) is 47.3 Å². The van der Waals surface area contributed by atoms with Crippen LogP contribution in [0.5, 0.6) is 0 Å². The highest BCUT2D eigenvalue weighted by molar-refractivity contribution is 7.97. The van der Waals surface area contributed by atoms with Gasteiger partial charge < -0.3 is 16.0 Å². The lowest BCUT2D eigenvalue weighted by atomic mass is 9.91. The summed E-state index contributed by atoms with van der Waals surface area (Å²) in [6.45, 7) is 1.39. The predicted octanol–water partition coefficient (Wildman–Crippen LogP) is 6.31. The first-order valence-corrected chi connectivity index (χ1v) is 15.7. The van der Waals surface area contributed by atoms with Crippen molar-refractivity contribution in [2.45, 2.75) is 49.5 Å². The largest absolute Gasteiger partial charge is 0.384 e. The molecule has 0 aliphatic carbocycles. The number of amidine groups is 1. The molecule has 0 radical (unpaired) electrons. The summed E-state index contributed by atoms with van der Waals surface area (Å²) in [7, 11) is 1.66. The van der Waals surface area contributed by atoms with Gasteiger partial charge in [-0.25, -0.2) is 4.72 Å². The number of nitrogen functional groups attached to an aromatic ring is 1. The summed E-state index contributed by atoms with van der Waals surface area (Å²) in [5.74, 6) is 0.641. The number of benzene rings is 3. The van der Waals surface area contributed by atoms with Crippen LogP contribution < -0.4 is 15.8 Å². The van der Waals surface area contributed by atoms with Gasteiger partial charge in [-0.3, -0.25) is 15.0 Å². The average molecular weight is 627 g/mol. The fraction of sp³-hybridized carbons (Fsp3) is 0.344. The summed E-state index contributed by atoms with van der Waals surface area (Å²) >= 11 is 14.1. The number of carbonyl (C=O) groups excluding carboxylic acids is 2. The van der Waals surface area contributed by atoms with E-state index in [0.29, 0.717) is 47.5 Å². The normalized spacial score (nSPS) is 14.4. The van der Waals surface area contributed by atoms with Gasteiger partial charge in [-0.05, 0) is 85.4 Å². The molecule has 42 heavy (non-hydrogen) atoms. The van der Waals surface area contributed by atoms with E-state index in [2.05, 4.69) is 10.0 Å². The minimum Gasteiger partial charge on any atom is -0.384 e. The molecule has 10 heteroatoms. The molecule has 3 aromatic carbocycles. The highest BCUT2D eigenvalue weighted by Crippen LogP contribution is 2.35. The van der Waals surface area contributed by atoms with Crippen LogP contribution in [0.3, 0.4) is 0 Å². The van der Waals surface area contributed by atoms with Gasteiger partial charge >= 0.3 is 0 Å². The number of piperidine rings is 1. The molecular weight excluding hydrogens is 589 g/mol.